The maximum Gasteiger partial charge on any atom is 0.153 e. The van der Waals surface area contributed by atoms with Crippen LogP contribution >= 0.6 is 0 Å². The Morgan fingerprint density at radius 2 is 1.77 bits per heavy atom. The van der Waals surface area contributed by atoms with E-state index in [1.54, 1.807) is 20.3 Å². The Labute approximate surface area is 132 Å². The first-order valence-corrected chi connectivity index (χ1v) is 7.24. The summed E-state index contributed by atoms with van der Waals surface area (Å²) in [5.74, 6) is 0.207. The Kier molecular flexibility index (Phi) is 10.6. The van der Waals surface area contributed by atoms with E-state index in [9.17, 15) is 9.59 Å². The van der Waals surface area contributed by atoms with Gasteiger partial charge in [0.25, 0.3) is 0 Å². The Morgan fingerprint density at radius 3 is 2.18 bits per heavy atom. The number of carbonyl (C=O) groups excluding carboxylic acids is 2. The Hall–Kier alpha value is -1.95. The molecule has 1 rings (SSSR count). The highest BCUT2D eigenvalue weighted by atomic mass is 16.4. The second kappa shape index (κ2) is 11.7. The molecule has 0 aliphatic heterocycles. The summed E-state index contributed by atoms with van der Waals surface area (Å²) in [6, 6.07) is 0.403. The second-order valence-corrected chi connectivity index (χ2v) is 5.27. The van der Waals surface area contributed by atoms with Gasteiger partial charge in [0.2, 0.25) is 0 Å². The van der Waals surface area contributed by atoms with Gasteiger partial charge >= 0.3 is 0 Å². The van der Waals surface area contributed by atoms with Gasteiger partial charge in [-0.25, -0.2) is 0 Å². The fourth-order valence-corrected chi connectivity index (χ4v) is 2.25. The van der Waals surface area contributed by atoms with Crippen LogP contribution in [-0.2, 0) is 14.3 Å². The standard InChI is InChI=1S/C14H21N3O2.C2H6O/c1-17(7-6-14(16)12(8-15)10-19)13-4-2-11(9-18)3-5-13;1-3-2/h6-11,13,15H,2-5,16H2,1H3;1-2H3/b7-6-,14-12+,15-8?;. The molecule has 22 heavy (non-hydrogen) atoms. The van der Waals surface area contributed by atoms with Gasteiger partial charge in [-0.2, -0.15) is 0 Å². The number of carbonyl (C=O) groups is 2. The summed E-state index contributed by atoms with van der Waals surface area (Å²) in [6.45, 7) is 0. The number of rotatable bonds is 6. The Morgan fingerprint density at radius 1 is 1.23 bits per heavy atom. The molecule has 1 aliphatic rings. The predicted octanol–water partition coefficient (Wildman–Crippen LogP) is 1.51. The summed E-state index contributed by atoms with van der Waals surface area (Å²) in [5, 5.41) is 7.04. The molecule has 0 spiro atoms. The molecule has 1 saturated carbocycles. The maximum absolute atomic E-state index is 10.7. The highest BCUT2D eigenvalue weighted by Crippen LogP contribution is 2.25. The van der Waals surface area contributed by atoms with Crippen molar-refractivity contribution < 1.29 is 14.3 Å². The second-order valence-electron chi connectivity index (χ2n) is 5.27. The highest BCUT2D eigenvalue weighted by Gasteiger charge is 2.22. The first kappa shape index (κ1) is 20.1. The topological polar surface area (TPSA) is 96.5 Å². The van der Waals surface area contributed by atoms with Crippen molar-refractivity contribution in [3.63, 3.8) is 0 Å². The van der Waals surface area contributed by atoms with Crippen molar-refractivity contribution in [2.24, 2.45) is 11.7 Å². The fourth-order valence-electron chi connectivity index (χ4n) is 2.25. The van der Waals surface area contributed by atoms with E-state index < -0.39 is 0 Å². The van der Waals surface area contributed by atoms with Crippen LogP contribution in [0.3, 0.4) is 0 Å². The molecule has 0 bridgehead atoms. The summed E-state index contributed by atoms with van der Waals surface area (Å²) < 4.78 is 4.25. The minimum atomic E-state index is 0.175. The zero-order valence-corrected chi connectivity index (χ0v) is 13.6. The molecule has 1 aliphatic carbocycles. The van der Waals surface area contributed by atoms with Crippen LogP contribution in [0.15, 0.2) is 23.5 Å². The summed E-state index contributed by atoms with van der Waals surface area (Å²) in [4.78, 5) is 23.4. The van der Waals surface area contributed by atoms with Crippen molar-refractivity contribution in [2.45, 2.75) is 31.7 Å². The number of hydrogen-bond donors (Lipinski definition) is 2. The van der Waals surface area contributed by atoms with E-state index in [0.717, 1.165) is 38.2 Å². The van der Waals surface area contributed by atoms with Crippen LogP contribution in [0.1, 0.15) is 25.7 Å². The molecule has 124 valence electrons. The smallest absolute Gasteiger partial charge is 0.153 e. The summed E-state index contributed by atoms with van der Waals surface area (Å²) in [5.41, 5.74) is 6.16. The number of nitrogens with zero attached hydrogens (tertiary/aromatic N) is 1. The highest BCUT2D eigenvalue weighted by molar-refractivity contribution is 6.01. The van der Waals surface area contributed by atoms with Crippen molar-refractivity contribution >= 4 is 18.8 Å². The third-order valence-corrected chi connectivity index (χ3v) is 3.61. The van der Waals surface area contributed by atoms with Gasteiger partial charge in [0.15, 0.2) is 6.29 Å². The van der Waals surface area contributed by atoms with Crippen molar-refractivity contribution in [1.82, 2.24) is 4.90 Å². The van der Waals surface area contributed by atoms with E-state index >= 15 is 0 Å². The maximum atomic E-state index is 10.7. The van der Waals surface area contributed by atoms with Crippen molar-refractivity contribution in [3.8, 4) is 0 Å². The molecule has 0 radical (unpaired) electrons. The van der Waals surface area contributed by atoms with Crippen LogP contribution in [0.25, 0.3) is 0 Å². The van der Waals surface area contributed by atoms with Crippen LogP contribution in [0.5, 0.6) is 0 Å². The van der Waals surface area contributed by atoms with Crippen LogP contribution in [0.2, 0.25) is 0 Å². The van der Waals surface area contributed by atoms with Gasteiger partial charge in [0.05, 0.1) is 5.57 Å². The van der Waals surface area contributed by atoms with Gasteiger partial charge in [0, 0.05) is 51.3 Å². The average Bonchev–Trinajstić information content (AvgIpc) is 2.54. The number of nitrogens with one attached hydrogen (secondary N) is 1. The van der Waals surface area contributed by atoms with Gasteiger partial charge in [-0.1, -0.05) is 0 Å². The number of hydrogen-bond acceptors (Lipinski definition) is 6. The third kappa shape index (κ3) is 7.17. The lowest BCUT2D eigenvalue weighted by atomic mass is 9.86. The van der Waals surface area contributed by atoms with E-state index in [-0.39, 0.29) is 11.5 Å². The molecule has 0 heterocycles. The molecule has 0 aromatic rings. The van der Waals surface area contributed by atoms with Crippen molar-refractivity contribution in [3.05, 3.63) is 23.5 Å². The van der Waals surface area contributed by atoms with Gasteiger partial charge in [-0.05, 0) is 31.8 Å². The normalized spacial score (nSPS) is 22.1. The summed E-state index contributed by atoms with van der Waals surface area (Å²) in [7, 11) is 5.21. The third-order valence-electron chi connectivity index (χ3n) is 3.61. The van der Waals surface area contributed by atoms with Crippen LogP contribution in [-0.4, -0.2) is 51.0 Å². The largest absolute Gasteiger partial charge is 0.398 e. The van der Waals surface area contributed by atoms with Gasteiger partial charge < -0.3 is 25.6 Å². The molecule has 1 fully saturated rings. The number of aldehydes is 2. The van der Waals surface area contributed by atoms with E-state index in [0.29, 0.717) is 18.0 Å². The molecular weight excluding hydrogens is 282 g/mol. The van der Waals surface area contributed by atoms with E-state index in [1.165, 1.54) is 0 Å². The number of methoxy groups -OCH3 is 1. The molecule has 0 atom stereocenters. The zero-order valence-electron chi connectivity index (χ0n) is 13.6. The van der Waals surface area contributed by atoms with Crippen LogP contribution in [0, 0.1) is 11.3 Å². The van der Waals surface area contributed by atoms with Gasteiger partial charge in [-0.15, -0.1) is 0 Å². The van der Waals surface area contributed by atoms with Crippen LogP contribution < -0.4 is 5.73 Å². The quantitative estimate of drug-likeness (QED) is 0.335. The predicted molar refractivity (Wildman–Crippen MR) is 87.7 cm³/mol. The van der Waals surface area contributed by atoms with E-state index in [4.69, 9.17) is 11.1 Å². The minimum Gasteiger partial charge on any atom is -0.398 e. The molecule has 3 N–H and O–H groups in total. The average molecular weight is 309 g/mol. The van der Waals surface area contributed by atoms with Crippen molar-refractivity contribution in [1.29, 1.82) is 5.41 Å². The minimum absolute atomic E-state index is 0.175. The number of ether oxygens (including phenoxy) is 1. The molecule has 0 aromatic carbocycles. The SMILES string of the molecule is CN(/C=C\C(N)=C(\C=N)C=O)C1CCC(C=O)CC1.COC. The lowest BCUT2D eigenvalue weighted by molar-refractivity contribution is -0.112. The van der Waals surface area contributed by atoms with E-state index in [2.05, 4.69) is 9.64 Å². The summed E-state index contributed by atoms with van der Waals surface area (Å²) >= 11 is 0. The van der Waals surface area contributed by atoms with Crippen molar-refractivity contribution in [2.75, 3.05) is 21.3 Å². The molecule has 0 saturated heterocycles. The van der Waals surface area contributed by atoms with Gasteiger partial charge in [0.1, 0.15) is 6.29 Å². The molecule has 6 heteroatoms. The lowest BCUT2D eigenvalue weighted by Gasteiger charge is -2.32. The Balaban J connectivity index is 0.00000135. The molecule has 0 aromatic heterocycles. The van der Waals surface area contributed by atoms with E-state index in [1.807, 2.05) is 13.2 Å². The first-order valence-electron chi connectivity index (χ1n) is 7.24. The molecular formula is C16H27N3O3. The lowest BCUT2D eigenvalue weighted by Crippen LogP contribution is -2.31. The Bertz CT molecular complexity index is 401. The van der Waals surface area contributed by atoms with Gasteiger partial charge in [-0.3, -0.25) is 4.79 Å². The molecule has 6 nitrogen and oxygen atoms in total. The monoisotopic (exact) mass is 309 g/mol. The number of allylic oxidation sites excluding steroid dienone is 2. The summed E-state index contributed by atoms with van der Waals surface area (Å²) in [6.07, 6.45) is 9.86. The fraction of sp³-hybridized carbons (Fsp3) is 0.562. The number of nitrogens with two attached hydrogens (primary N) is 1. The molecule has 0 amide bonds. The van der Waals surface area contributed by atoms with Crippen LogP contribution in [0.4, 0.5) is 0 Å². The zero-order chi connectivity index (χ0) is 17.0. The molecule has 0 unspecified atom stereocenters. The first-order chi connectivity index (χ1) is 10.5.